The van der Waals surface area contributed by atoms with E-state index in [0.29, 0.717) is 12.2 Å². The van der Waals surface area contributed by atoms with Gasteiger partial charge in [0.2, 0.25) is 5.89 Å². The second-order valence-electron chi connectivity index (χ2n) is 6.22. The lowest BCUT2D eigenvalue weighted by atomic mass is 10.1. The molecule has 0 aliphatic rings. The minimum Gasteiger partial charge on any atom is -0.484 e. The standard InChI is InChI=1S/C20H20FN3O3/c1-13-5-4-8-22-17(13)9-14(2)23-20(25)18-11-27-19(24-18)12-26-16-7-3-6-15(21)10-16/h3-8,10-11,14H,9,12H2,1-2H3,(H,23,25)/t14-/m1/s1. The molecule has 6 nitrogen and oxygen atoms in total. The topological polar surface area (TPSA) is 77.2 Å². The van der Waals surface area contributed by atoms with E-state index >= 15 is 0 Å². The van der Waals surface area contributed by atoms with Crippen LogP contribution in [0.5, 0.6) is 5.75 Å². The first-order chi connectivity index (χ1) is 13.0. The lowest BCUT2D eigenvalue weighted by Crippen LogP contribution is -2.34. The van der Waals surface area contributed by atoms with Crippen LogP contribution in [0.1, 0.15) is 34.6 Å². The Labute approximate surface area is 156 Å². The van der Waals surface area contributed by atoms with Crippen molar-refractivity contribution in [1.29, 1.82) is 0 Å². The third-order valence-electron chi connectivity index (χ3n) is 3.94. The number of nitrogens with zero attached hydrogens (tertiary/aromatic N) is 2. The van der Waals surface area contributed by atoms with Gasteiger partial charge >= 0.3 is 0 Å². The molecule has 2 aromatic heterocycles. The number of halogens is 1. The Bertz CT molecular complexity index is 926. The fourth-order valence-corrected chi connectivity index (χ4v) is 2.55. The summed E-state index contributed by atoms with van der Waals surface area (Å²) in [5.74, 6) is -0.134. The zero-order valence-corrected chi connectivity index (χ0v) is 15.1. The number of ether oxygens (including phenoxy) is 1. The number of amides is 1. The van der Waals surface area contributed by atoms with Gasteiger partial charge in [0.15, 0.2) is 12.3 Å². The average molecular weight is 369 g/mol. The number of nitrogens with one attached hydrogen (secondary N) is 1. The lowest BCUT2D eigenvalue weighted by molar-refractivity contribution is 0.0934. The summed E-state index contributed by atoms with van der Waals surface area (Å²) >= 11 is 0. The van der Waals surface area contributed by atoms with Crippen LogP contribution in [0.4, 0.5) is 4.39 Å². The number of aryl methyl sites for hydroxylation is 1. The minimum atomic E-state index is -0.392. The van der Waals surface area contributed by atoms with Crippen LogP contribution in [-0.2, 0) is 13.0 Å². The molecule has 140 valence electrons. The number of carbonyl (C=O) groups is 1. The van der Waals surface area contributed by atoms with Gasteiger partial charge in [-0.3, -0.25) is 9.78 Å². The normalized spacial score (nSPS) is 11.8. The summed E-state index contributed by atoms with van der Waals surface area (Å²) in [6, 6.07) is 9.51. The molecule has 0 fully saturated rings. The van der Waals surface area contributed by atoms with Crippen molar-refractivity contribution in [2.45, 2.75) is 32.9 Å². The van der Waals surface area contributed by atoms with Crippen molar-refractivity contribution in [2.24, 2.45) is 0 Å². The monoisotopic (exact) mass is 369 g/mol. The smallest absolute Gasteiger partial charge is 0.273 e. The van der Waals surface area contributed by atoms with E-state index in [1.165, 1.54) is 18.4 Å². The molecule has 2 heterocycles. The molecule has 0 aliphatic carbocycles. The molecule has 7 heteroatoms. The van der Waals surface area contributed by atoms with Gasteiger partial charge in [-0.05, 0) is 37.6 Å². The summed E-state index contributed by atoms with van der Waals surface area (Å²) in [4.78, 5) is 20.8. The Morgan fingerprint density at radius 3 is 2.96 bits per heavy atom. The maximum atomic E-state index is 13.1. The largest absolute Gasteiger partial charge is 0.484 e. The Hall–Kier alpha value is -3.22. The van der Waals surface area contributed by atoms with Gasteiger partial charge in [0.25, 0.3) is 5.91 Å². The Kier molecular flexibility index (Phi) is 5.80. The van der Waals surface area contributed by atoms with Crippen LogP contribution in [0.3, 0.4) is 0 Å². The van der Waals surface area contributed by atoms with Crippen LogP contribution in [0, 0.1) is 12.7 Å². The number of aromatic nitrogens is 2. The maximum Gasteiger partial charge on any atom is 0.273 e. The molecule has 0 radical (unpaired) electrons. The number of benzene rings is 1. The molecule has 1 aromatic carbocycles. The second-order valence-corrected chi connectivity index (χ2v) is 6.22. The van der Waals surface area contributed by atoms with Crippen LogP contribution >= 0.6 is 0 Å². The lowest BCUT2D eigenvalue weighted by Gasteiger charge is -2.13. The number of carbonyl (C=O) groups excluding carboxylic acids is 1. The number of pyridine rings is 1. The molecular formula is C20H20FN3O3. The van der Waals surface area contributed by atoms with Gasteiger partial charge in [-0.2, -0.15) is 0 Å². The highest BCUT2D eigenvalue weighted by Crippen LogP contribution is 2.14. The Morgan fingerprint density at radius 1 is 1.33 bits per heavy atom. The molecule has 3 aromatic rings. The van der Waals surface area contributed by atoms with E-state index < -0.39 is 5.82 Å². The van der Waals surface area contributed by atoms with Crippen molar-refractivity contribution in [1.82, 2.24) is 15.3 Å². The summed E-state index contributed by atoms with van der Waals surface area (Å²) in [6.45, 7) is 3.89. The second kappa shape index (κ2) is 8.44. The van der Waals surface area contributed by atoms with Crippen molar-refractivity contribution in [3.05, 3.63) is 77.5 Å². The third-order valence-corrected chi connectivity index (χ3v) is 3.94. The first-order valence-electron chi connectivity index (χ1n) is 8.55. The van der Waals surface area contributed by atoms with E-state index in [4.69, 9.17) is 9.15 Å². The molecule has 0 saturated heterocycles. The van der Waals surface area contributed by atoms with Gasteiger partial charge < -0.3 is 14.5 Å². The van der Waals surface area contributed by atoms with Crippen molar-refractivity contribution in [2.75, 3.05) is 0 Å². The highest BCUT2D eigenvalue weighted by molar-refractivity contribution is 5.92. The van der Waals surface area contributed by atoms with Crippen LogP contribution in [0.15, 0.2) is 53.3 Å². The predicted octanol–water partition coefficient (Wildman–Crippen LogP) is 3.46. The third kappa shape index (κ3) is 5.13. The zero-order chi connectivity index (χ0) is 19.2. The first-order valence-corrected chi connectivity index (χ1v) is 8.55. The molecule has 0 unspecified atom stereocenters. The van der Waals surface area contributed by atoms with Crippen molar-refractivity contribution < 1.29 is 18.3 Å². The molecule has 0 spiro atoms. The van der Waals surface area contributed by atoms with Gasteiger partial charge in [-0.15, -0.1) is 0 Å². The van der Waals surface area contributed by atoms with Gasteiger partial charge in [-0.25, -0.2) is 9.37 Å². The van der Waals surface area contributed by atoms with E-state index in [0.717, 1.165) is 11.3 Å². The Morgan fingerprint density at radius 2 is 2.19 bits per heavy atom. The molecule has 1 N–H and O–H groups in total. The zero-order valence-electron chi connectivity index (χ0n) is 15.1. The molecule has 0 aliphatic heterocycles. The van der Waals surface area contributed by atoms with Gasteiger partial charge in [0.1, 0.15) is 17.8 Å². The van der Waals surface area contributed by atoms with E-state index in [-0.39, 0.29) is 30.1 Å². The summed E-state index contributed by atoms with van der Waals surface area (Å²) in [5, 5.41) is 2.87. The molecule has 0 bridgehead atoms. The summed E-state index contributed by atoms with van der Waals surface area (Å²) in [7, 11) is 0. The van der Waals surface area contributed by atoms with Crippen molar-refractivity contribution >= 4 is 5.91 Å². The van der Waals surface area contributed by atoms with E-state index in [2.05, 4.69) is 15.3 Å². The highest BCUT2D eigenvalue weighted by atomic mass is 19.1. The summed E-state index contributed by atoms with van der Waals surface area (Å²) in [5.41, 5.74) is 2.18. The number of hydrogen-bond acceptors (Lipinski definition) is 5. The van der Waals surface area contributed by atoms with E-state index in [9.17, 15) is 9.18 Å². The van der Waals surface area contributed by atoms with Crippen molar-refractivity contribution in [3.63, 3.8) is 0 Å². The van der Waals surface area contributed by atoms with Crippen LogP contribution in [0.2, 0.25) is 0 Å². The summed E-state index contributed by atoms with van der Waals surface area (Å²) < 4.78 is 23.8. The molecule has 0 saturated carbocycles. The maximum absolute atomic E-state index is 13.1. The quantitative estimate of drug-likeness (QED) is 0.690. The number of rotatable bonds is 7. The molecular weight excluding hydrogens is 349 g/mol. The molecule has 1 amide bonds. The molecule has 3 rings (SSSR count). The predicted molar refractivity (Wildman–Crippen MR) is 96.8 cm³/mol. The van der Waals surface area contributed by atoms with Gasteiger partial charge in [-0.1, -0.05) is 12.1 Å². The van der Waals surface area contributed by atoms with Crippen LogP contribution < -0.4 is 10.1 Å². The number of oxazole rings is 1. The molecule has 1 atom stereocenters. The Balaban J connectivity index is 1.54. The first kappa shape index (κ1) is 18.6. The van der Waals surface area contributed by atoms with Gasteiger partial charge in [0.05, 0.1) is 0 Å². The SMILES string of the molecule is Cc1cccnc1C[C@@H](C)NC(=O)c1coc(COc2cccc(F)c2)n1. The average Bonchev–Trinajstić information content (AvgIpc) is 3.11. The molecule has 27 heavy (non-hydrogen) atoms. The van der Waals surface area contributed by atoms with Crippen molar-refractivity contribution in [3.8, 4) is 5.75 Å². The van der Waals surface area contributed by atoms with E-state index in [1.807, 2.05) is 26.0 Å². The summed E-state index contributed by atoms with van der Waals surface area (Å²) in [6.07, 6.45) is 3.63. The fraction of sp³-hybridized carbons (Fsp3) is 0.250. The van der Waals surface area contributed by atoms with Gasteiger partial charge in [0, 0.05) is 30.4 Å². The fourth-order valence-electron chi connectivity index (χ4n) is 2.55. The van der Waals surface area contributed by atoms with Crippen LogP contribution in [0.25, 0.3) is 0 Å². The number of hydrogen-bond donors (Lipinski definition) is 1. The minimum absolute atomic E-state index is 0.000578. The van der Waals surface area contributed by atoms with Crippen LogP contribution in [-0.4, -0.2) is 21.9 Å². The highest BCUT2D eigenvalue weighted by Gasteiger charge is 2.16. The van der Waals surface area contributed by atoms with E-state index in [1.54, 1.807) is 18.3 Å².